The molecule has 0 radical (unpaired) electrons. The third-order valence-corrected chi connectivity index (χ3v) is 4.81. The van der Waals surface area contributed by atoms with Crippen molar-refractivity contribution in [3.63, 3.8) is 0 Å². The Balaban J connectivity index is 1.88. The van der Waals surface area contributed by atoms with Gasteiger partial charge in [-0.1, -0.05) is 48.5 Å². The molecule has 0 aliphatic rings. The fourth-order valence-electron chi connectivity index (χ4n) is 3.06. The van der Waals surface area contributed by atoms with Crippen molar-refractivity contribution in [2.24, 2.45) is 0 Å². The van der Waals surface area contributed by atoms with Crippen LogP contribution in [0.1, 0.15) is 33.2 Å². The molecule has 154 valence electrons. The Hall–Kier alpha value is -3.60. The molecule has 0 aliphatic carbocycles. The molecular formula is C25H26N2O3. The van der Waals surface area contributed by atoms with Gasteiger partial charge in [0.15, 0.2) is 0 Å². The lowest BCUT2D eigenvalue weighted by molar-refractivity contribution is -0.125. The average Bonchev–Trinajstić information content (AvgIpc) is 2.75. The molecule has 0 aromatic heterocycles. The Bertz CT molecular complexity index is 1050. The Morgan fingerprint density at radius 2 is 1.63 bits per heavy atom. The van der Waals surface area contributed by atoms with Crippen LogP contribution in [0.4, 0.5) is 11.4 Å². The van der Waals surface area contributed by atoms with Crippen molar-refractivity contribution in [3.8, 4) is 0 Å². The van der Waals surface area contributed by atoms with E-state index in [1.54, 1.807) is 30.3 Å². The molecule has 3 aromatic rings. The molecule has 0 bridgehead atoms. The Labute approximate surface area is 177 Å². The Morgan fingerprint density at radius 3 is 2.33 bits per heavy atom. The molecule has 1 atom stereocenters. The predicted octanol–water partition coefficient (Wildman–Crippen LogP) is 4.91. The van der Waals surface area contributed by atoms with Gasteiger partial charge in [-0.3, -0.25) is 4.79 Å². The van der Waals surface area contributed by atoms with E-state index in [1.165, 1.54) is 0 Å². The molecule has 0 unspecified atom stereocenters. The van der Waals surface area contributed by atoms with E-state index in [-0.39, 0.29) is 0 Å². The third kappa shape index (κ3) is 5.06. The van der Waals surface area contributed by atoms with Crippen molar-refractivity contribution in [3.05, 3.63) is 95.1 Å². The monoisotopic (exact) mass is 402 g/mol. The van der Waals surface area contributed by atoms with Gasteiger partial charge in [-0.15, -0.1) is 0 Å². The molecular weight excluding hydrogens is 376 g/mol. The van der Waals surface area contributed by atoms with Crippen molar-refractivity contribution in [2.75, 3.05) is 24.3 Å². The zero-order valence-corrected chi connectivity index (χ0v) is 17.7. The number of nitrogens with zero attached hydrogens (tertiary/aromatic N) is 1. The average molecular weight is 402 g/mol. The molecule has 1 amide bonds. The van der Waals surface area contributed by atoms with Gasteiger partial charge in [0.1, 0.15) is 0 Å². The first kappa shape index (κ1) is 21.1. The standard InChI is InChI=1S/C25H26N2O3/c1-17-13-14-18(2)22(15-17)26-24(28)23(19-9-6-5-7-10-19)30-25(29)20-11-8-12-21(16-20)27(3)4/h5-16,23H,1-4H3,(H,26,28)/t23-/m0/s1. The van der Waals surface area contributed by atoms with E-state index >= 15 is 0 Å². The van der Waals surface area contributed by atoms with E-state index in [0.717, 1.165) is 16.8 Å². The number of hydrogen-bond acceptors (Lipinski definition) is 4. The largest absolute Gasteiger partial charge is 0.444 e. The molecule has 3 rings (SSSR count). The number of nitrogens with one attached hydrogen (secondary N) is 1. The van der Waals surface area contributed by atoms with Gasteiger partial charge in [0, 0.05) is 31.0 Å². The third-order valence-electron chi connectivity index (χ3n) is 4.81. The van der Waals surface area contributed by atoms with Gasteiger partial charge in [0.05, 0.1) is 5.56 Å². The second kappa shape index (κ2) is 9.27. The highest BCUT2D eigenvalue weighted by Gasteiger charge is 2.26. The highest BCUT2D eigenvalue weighted by Crippen LogP contribution is 2.24. The maximum atomic E-state index is 13.1. The van der Waals surface area contributed by atoms with Crippen LogP contribution >= 0.6 is 0 Å². The number of hydrogen-bond donors (Lipinski definition) is 1. The van der Waals surface area contributed by atoms with Gasteiger partial charge in [0.25, 0.3) is 5.91 Å². The lowest BCUT2D eigenvalue weighted by atomic mass is 10.1. The number of benzene rings is 3. The molecule has 0 fully saturated rings. The molecule has 0 saturated carbocycles. The minimum atomic E-state index is -1.07. The molecule has 0 saturated heterocycles. The zero-order valence-electron chi connectivity index (χ0n) is 17.7. The maximum absolute atomic E-state index is 13.1. The first-order chi connectivity index (χ1) is 14.3. The van der Waals surface area contributed by atoms with E-state index in [2.05, 4.69) is 5.32 Å². The van der Waals surface area contributed by atoms with Gasteiger partial charge in [-0.25, -0.2) is 4.79 Å². The van der Waals surface area contributed by atoms with Gasteiger partial charge < -0.3 is 15.0 Å². The van der Waals surface area contributed by atoms with E-state index in [9.17, 15) is 9.59 Å². The molecule has 0 heterocycles. The van der Waals surface area contributed by atoms with Crippen LogP contribution in [0.15, 0.2) is 72.8 Å². The molecule has 30 heavy (non-hydrogen) atoms. The van der Waals surface area contributed by atoms with Crippen LogP contribution in [0.5, 0.6) is 0 Å². The summed E-state index contributed by atoms with van der Waals surface area (Å²) >= 11 is 0. The zero-order chi connectivity index (χ0) is 21.7. The highest BCUT2D eigenvalue weighted by atomic mass is 16.5. The molecule has 5 nitrogen and oxygen atoms in total. The Kier molecular flexibility index (Phi) is 6.52. The number of carbonyl (C=O) groups is 2. The van der Waals surface area contributed by atoms with E-state index < -0.39 is 18.0 Å². The van der Waals surface area contributed by atoms with Crippen LogP contribution in [0.2, 0.25) is 0 Å². The van der Waals surface area contributed by atoms with Crippen LogP contribution in [0.25, 0.3) is 0 Å². The maximum Gasteiger partial charge on any atom is 0.339 e. The van der Waals surface area contributed by atoms with Crippen molar-refractivity contribution in [1.29, 1.82) is 0 Å². The van der Waals surface area contributed by atoms with E-state index in [1.807, 2.05) is 75.3 Å². The van der Waals surface area contributed by atoms with E-state index in [0.29, 0.717) is 16.8 Å². The normalized spacial score (nSPS) is 11.5. The molecule has 0 spiro atoms. The van der Waals surface area contributed by atoms with Crippen LogP contribution in [0, 0.1) is 13.8 Å². The second-order valence-electron chi connectivity index (χ2n) is 7.45. The highest BCUT2D eigenvalue weighted by molar-refractivity contribution is 5.98. The SMILES string of the molecule is Cc1ccc(C)c(NC(=O)[C@@H](OC(=O)c2cccc(N(C)C)c2)c2ccccc2)c1. The summed E-state index contributed by atoms with van der Waals surface area (Å²) < 4.78 is 5.69. The van der Waals surface area contributed by atoms with Crippen molar-refractivity contribution < 1.29 is 14.3 Å². The second-order valence-corrected chi connectivity index (χ2v) is 7.45. The smallest absolute Gasteiger partial charge is 0.339 e. The van der Waals surface area contributed by atoms with Gasteiger partial charge in [0.2, 0.25) is 6.10 Å². The fraction of sp³-hybridized carbons (Fsp3) is 0.200. The summed E-state index contributed by atoms with van der Waals surface area (Å²) in [6.07, 6.45) is -1.07. The summed E-state index contributed by atoms with van der Waals surface area (Å²) in [5, 5.41) is 2.91. The number of rotatable bonds is 6. The molecule has 5 heteroatoms. The number of anilines is 2. The predicted molar refractivity (Wildman–Crippen MR) is 120 cm³/mol. The van der Waals surface area contributed by atoms with Gasteiger partial charge in [-0.05, 0) is 49.2 Å². The van der Waals surface area contributed by atoms with Crippen molar-refractivity contribution in [2.45, 2.75) is 20.0 Å². The van der Waals surface area contributed by atoms with Crippen LogP contribution in [-0.4, -0.2) is 26.0 Å². The molecule has 1 N–H and O–H groups in total. The number of amides is 1. The summed E-state index contributed by atoms with van der Waals surface area (Å²) in [6, 6.07) is 22.0. The quantitative estimate of drug-likeness (QED) is 0.596. The number of carbonyl (C=O) groups excluding carboxylic acids is 2. The topological polar surface area (TPSA) is 58.6 Å². The summed E-state index contributed by atoms with van der Waals surface area (Å²) in [7, 11) is 3.80. The van der Waals surface area contributed by atoms with Crippen molar-refractivity contribution >= 4 is 23.3 Å². The summed E-state index contributed by atoms with van der Waals surface area (Å²) in [4.78, 5) is 27.9. The number of aryl methyl sites for hydroxylation is 2. The summed E-state index contributed by atoms with van der Waals surface area (Å²) in [5.74, 6) is -0.948. The van der Waals surface area contributed by atoms with Crippen LogP contribution < -0.4 is 10.2 Å². The lowest BCUT2D eigenvalue weighted by Gasteiger charge is -2.20. The first-order valence-corrected chi connectivity index (χ1v) is 9.76. The summed E-state index contributed by atoms with van der Waals surface area (Å²) in [6.45, 7) is 3.88. The summed E-state index contributed by atoms with van der Waals surface area (Å²) in [5.41, 5.74) is 4.54. The van der Waals surface area contributed by atoms with Crippen molar-refractivity contribution in [1.82, 2.24) is 0 Å². The minimum Gasteiger partial charge on any atom is -0.444 e. The van der Waals surface area contributed by atoms with Gasteiger partial charge in [-0.2, -0.15) is 0 Å². The Morgan fingerprint density at radius 1 is 0.900 bits per heavy atom. The number of esters is 1. The minimum absolute atomic E-state index is 0.390. The van der Waals surface area contributed by atoms with Crippen LogP contribution in [0.3, 0.4) is 0 Å². The molecule has 0 aliphatic heterocycles. The fourth-order valence-corrected chi connectivity index (χ4v) is 3.06. The lowest BCUT2D eigenvalue weighted by Crippen LogP contribution is -2.26. The number of ether oxygens (including phenoxy) is 1. The van der Waals surface area contributed by atoms with Crippen LogP contribution in [-0.2, 0) is 9.53 Å². The van der Waals surface area contributed by atoms with Gasteiger partial charge >= 0.3 is 5.97 Å². The molecule has 3 aromatic carbocycles. The van der Waals surface area contributed by atoms with E-state index in [4.69, 9.17) is 4.74 Å². The first-order valence-electron chi connectivity index (χ1n) is 9.76.